The van der Waals surface area contributed by atoms with E-state index in [0.717, 1.165) is 51.4 Å². The fourth-order valence-electron chi connectivity index (χ4n) is 4.87. The van der Waals surface area contributed by atoms with Crippen LogP contribution in [0.4, 0.5) is 0 Å². The molecule has 4 unspecified atom stereocenters. The maximum Gasteiger partial charge on any atom is 0.472 e. The molecule has 0 heterocycles. The number of hydrogen-bond acceptors (Lipinski definition) is 7. The van der Waals surface area contributed by atoms with Crippen LogP contribution < -0.4 is 11.1 Å². The molecule has 10 heteroatoms. The number of phosphoric acid groups is 1. The van der Waals surface area contributed by atoms with Crippen LogP contribution in [0.2, 0.25) is 0 Å². The average molecular weight is 647 g/mol. The molecule has 9 nitrogen and oxygen atoms in total. The maximum absolute atomic E-state index is 12.7. The van der Waals surface area contributed by atoms with Crippen molar-refractivity contribution in [2.24, 2.45) is 5.73 Å². The van der Waals surface area contributed by atoms with Crippen LogP contribution in [-0.4, -0.2) is 59.0 Å². The molecular formula is C34H67N2O7P. The number of nitrogens with one attached hydrogen (secondary N) is 1. The molecular weight excluding hydrogens is 579 g/mol. The molecule has 0 radical (unpaired) electrons. The van der Waals surface area contributed by atoms with Gasteiger partial charge in [-0.3, -0.25) is 13.8 Å². The first-order valence-electron chi connectivity index (χ1n) is 17.5. The number of carbonyl (C=O) groups excluding carboxylic acids is 1. The summed E-state index contributed by atoms with van der Waals surface area (Å²) in [5.41, 5.74) is 5.32. The van der Waals surface area contributed by atoms with Gasteiger partial charge in [-0.05, 0) is 44.9 Å². The number of rotatable bonds is 32. The quantitative estimate of drug-likeness (QED) is 0.0284. The summed E-state index contributed by atoms with van der Waals surface area (Å²) >= 11 is 0. The molecule has 0 aliphatic rings. The van der Waals surface area contributed by atoms with Gasteiger partial charge in [-0.2, -0.15) is 0 Å². The minimum Gasteiger partial charge on any atom is -0.393 e. The number of hydrogen-bond donors (Lipinski definition) is 5. The van der Waals surface area contributed by atoms with Crippen LogP contribution in [0.25, 0.3) is 0 Å². The summed E-state index contributed by atoms with van der Waals surface area (Å²) in [6, 6.07) is -0.979. The zero-order chi connectivity index (χ0) is 32.7. The summed E-state index contributed by atoms with van der Waals surface area (Å²) in [6.45, 7) is 3.89. The van der Waals surface area contributed by atoms with Crippen molar-refractivity contribution in [1.82, 2.24) is 5.32 Å². The highest BCUT2D eigenvalue weighted by molar-refractivity contribution is 7.47. The van der Waals surface area contributed by atoms with E-state index in [0.29, 0.717) is 6.42 Å². The second-order valence-corrected chi connectivity index (χ2v) is 13.4. The van der Waals surface area contributed by atoms with Crippen molar-refractivity contribution < 1.29 is 33.5 Å². The lowest BCUT2D eigenvalue weighted by molar-refractivity contribution is -0.124. The normalized spacial score (nSPS) is 15.5. The highest BCUT2D eigenvalue weighted by Crippen LogP contribution is 2.43. The van der Waals surface area contributed by atoms with Crippen molar-refractivity contribution in [3.63, 3.8) is 0 Å². The van der Waals surface area contributed by atoms with Gasteiger partial charge in [0.2, 0.25) is 5.91 Å². The van der Waals surface area contributed by atoms with E-state index in [1.54, 1.807) is 6.08 Å². The van der Waals surface area contributed by atoms with Gasteiger partial charge in [-0.25, -0.2) is 4.57 Å². The molecule has 0 fully saturated rings. The lowest BCUT2D eigenvalue weighted by Gasteiger charge is -2.24. The molecule has 0 saturated heterocycles. The van der Waals surface area contributed by atoms with Crippen molar-refractivity contribution in [2.75, 3.05) is 19.8 Å². The van der Waals surface area contributed by atoms with Crippen molar-refractivity contribution >= 4 is 13.7 Å². The lowest BCUT2D eigenvalue weighted by Crippen LogP contribution is -2.46. The molecule has 0 rings (SSSR count). The Balaban J connectivity index is 4.47. The number of amides is 1. The monoisotopic (exact) mass is 646 g/mol. The third kappa shape index (κ3) is 28.4. The van der Waals surface area contributed by atoms with Crippen molar-refractivity contribution in [2.45, 2.75) is 167 Å². The van der Waals surface area contributed by atoms with Gasteiger partial charge < -0.3 is 26.2 Å². The Hall–Kier alpha value is -1.06. The fourth-order valence-corrected chi connectivity index (χ4v) is 5.63. The highest BCUT2D eigenvalue weighted by Gasteiger charge is 2.27. The molecule has 0 aliphatic heterocycles. The second-order valence-electron chi connectivity index (χ2n) is 11.9. The molecule has 0 aromatic rings. The van der Waals surface area contributed by atoms with E-state index in [9.17, 15) is 24.5 Å². The number of allylic oxidation sites excluding steroid dienone is 3. The Kier molecular flexibility index (Phi) is 29.8. The molecule has 0 bridgehead atoms. The largest absolute Gasteiger partial charge is 0.472 e. The number of unbranched alkanes of at least 4 members (excludes halogenated alkanes) is 16. The molecule has 0 aromatic heterocycles. The summed E-state index contributed by atoms with van der Waals surface area (Å²) in [6.07, 6.45) is 28.4. The van der Waals surface area contributed by atoms with E-state index in [2.05, 4.69) is 31.3 Å². The third-order valence-corrected chi connectivity index (χ3v) is 8.56. The fraction of sp³-hybridized carbons (Fsp3) is 0.853. The van der Waals surface area contributed by atoms with Crippen LogP contribution in [-0.2, 0) is 18.4 Å². The molecule has 1 amide bonds. The SMILES string of the molecule is CCCCCC/C=C\CCCCCCCC(O)CC(=O)NC(COP(=O)(O)OCCN)C(O)/C=C/CCCCCCCCC. The van der Waals surface area contributed by atoms with E-state index in [1.807, 2.05) is 6.08 Å². The van der Waals surface area contributed by atoms with Gasteiger partial charge in [-0.15, -0.1) is 0 Å². The Morgan fingerprint density at radius 1 is 0.773 bits per heavy atom. The minimum absolute atomic E-state index is 0.0481. The van der Waals surface area contributed by atoms with Crippen LogP contribution in [0.5, 0.6) is 0 Å². The summed E-state index contributed by atoms with van der Waals surface area (Å²) < 4.78 is 21.9. The van der Waals surface area contributed by atoms with Crippen LogP contribution in [0.3, 0.4) is 0 Å². The zero-order valence-electron chi connectivity index (χ0n) is 28.0. The smallest absolute Gasteiger partial charge is 0.393 e. The Labute approximate surface area is 269 Å². The summed E-state index contributed by atoms with van der Waals surface area (Å²) in [5, 5.41) is 23.8. The maximum atomic E-state index is 12.7. The molecule has 0 aromatic carbocycles. The molecule has 44 heavy (non-hydrogen) atoms. The number of phosphoric ester groups is 1. The summed E-state index contributed by atoms with van der Waals surface area (Å²) in [7, 11) is -4.38. The lowest BCUT2D eigenvalue weighted by atomic mass is 10.0. The van der Waals surface area contributed by atoms with E-state index < -0.39 is 38.6 Å². The van der Waals surface area contributed by atoms with Gasteiger partial charge in [0.25, 0.3) is 0 Å². The molecule has 0 spiro atoms. The van der Waals surface area contributed by atoms with Crippen molar-refractivity contribution in [3.8, 4) is 0 Å². The Bertz CT molecular complexity index is 766. The summed E-state index contributed by atoms with van der Waals surface area (Å²) in [5.74, 6) is -0.456. The molecule has 6 N–H and O–H groups in total. The van der Waals surface area contributed by atoms with E-state index >= 15 is 0 Å². The van der Waals surface area contributed by atoms with Gasteiger partial charge in [0.1, 0.15) is 0 Å². The van der Waals surface area contributed by atoms with Gasteiger partial charge in [-0.1, -0.05) is 122 Å². The molecule has 4 atom stereocenters. The predicted molar refractivity (Wildman–Crippen MR) is 181 cm³/mol. The highest BCUT2D eigenvalue weighted by atomic mass is 31.2. The van der Waals surface area contributed by atoms with Crippen LogP contribution >= 0.6 is 7.82 Å². The van der Waals surface area contributed by atoms with Crippen LogP contribution in [0.15, 0.2) is 24.3 Å². The van der Waals surface area contributed by atoms with Crippen molar-refractivity contribution in [1.29, 1.82) is 0 Å². The van der Waals surface area contributed by atoms with Gasteiger partial charge in [0.05, 0.1) is 37.9 Å². The second kappa shape index (κ2) is 30.6. The van der Waals surface area contributed by atoms with Gasteiger partial charge >= 0.3 is 7.82 Å². The molecule has 0 saturated carbocycles. The van der Waals surface area contributed by atoms with Gasteiger partial charge in [0.15, 0.2) is 0 Å². The molecule has 0 aliphatic carbocycles. The Morgan fingerprint density at radius 3 is 1.84 bits per heavy atom. The number of carbonyl (C=O) groups is 1. The predicted octanol–water partition coefficient (Wildman–Crippen LogP) is 7.63. The first-order valence-corrected chi connectivity index (χ1v) is 19.0. The molecule has 260 valence electrons. The van der Waals surface area contributed by atoms with Crippen molar-refractivity contribution in [3.05, 3.63) is 24.3 Å². The topological polar surface area (TPSA) is 151 Å². The van der Waals surface area contributed by atoms with E-state index in [-0.39, 0.29) is 19.6 Å². The minimum atomic E-state index is -4.38. The number of aliphatic hydroxyl groups excluding tert-OH is 2. The summed E-state index contributed by atoms with van der Waals surface area (Å²) in [4.78, 5) is 22.5. The average Bonchev–Trinajstić information content (AvgIpc) is 2.99. The Morgan fingerprint density at radius 2 is 1.27 bits per heavy atom. The standard InChI is InChI=1S/C34H67N2O7P/c1-3-5-7-9-11-13-14-15-16-18-19-21-23-25-31(37)29-34(39)36-32(30-43-44(40,41)42-28-27-35)33(38)26-24-22-20-17-12-10-8-6-4-2/h13-14,24,26,31-33,37-38H,3-12,15-23,25,27-30,35H2,1-2H3,(H,36,39)(H,40,41)/b14-13-,26-24+. The van der Waals surface area contributed by atoms with Crippen LogP contribution in [0, 0.1) is 0 Å². The van der Waals surface area contributed by atoms with Gasteiger partial charge in [0, 0.05) is 6.54 Å². The number of aliphatic hydroxyl groups is 2. The van der Waals surface area contributed by atoms with Crippen LogP contribution in [0.1, 0.15) is 149 Å². The number of nitrogens with two attached hydrogens (primary N) is 1. The third-order valence-electron chi connectivity index (χ3n) is 7.58. The zero-order valence-corrected chi connectivity index (χ0v) is 28.9. The first-order chi connectivity index (χ1) is 21.3. The van der Waals surface area contributed by atoms with E-state index in [1.165, 1.54) is 70.6 Å². The first kappa shape index (κ1) is 42.9. The van der Waals surface area contributed by atoms with E-state index in [4.69, 9.17) is 14.8 Å².